The van der Waals surface area contributed by atoms with E-state index in [0.29, 0.717) is 12.3 Å². The summed E-state index contributed by atoms with van der Waals surface area (Å²) in [7, 11) is 3.26. The van der Waals surface area contributed by atoms with Gasteiger partial charge in [0.05, 0.1) is 20.5 Å². The van der Waals surface area contributed by atoms with Gasteiger partial charge in [-0.25, -0.2) is 0 Å². The van der Waals surface area contributed by atoms with Crippen LogP contribution >= 0.6 is 0 Å². The Morgan fingerprint density at radius 1 is 1.17 bits per heavy atom. The molecule has 3 rings (SSSR count). The predicted molar refractivity (Wildman–Crippen MR) is 116 cm³/mol. The molecule has 152 valence electrons. The van der Waals surface area contributed by atoms with Gasteiger partial charge in [0.15, 0.2) is 0 Å². The third kappa shape index (κ3) is 4.62. The number of carbonyl (C=O) groups is 1. The van der Waals surface area contributed by atoms with Gasteiger partial charge in [-0.2, -0.15) is 0 Å². The van der Waals surface area contributed by atoms with E-state index in [1.165, 1.54) is 0 Å². The van der Waals surface area contributed by atoms with Gasteiger partial charge in [0.25, 0.3) is 0 Å². The molecule has 0 radical (unpaired) electrons. The van der Waals surface area contributed by atoms with Crippen LogP contribution in [0.3, 0.4) is 0 Å². The summed E-state index contributed by atoms with van der Waals surface area (Å²) in [6, 6.07) is 11.7. The second-order valence-corrected chi connectivity index (χ2v) is 6.90. The van der Waals surface area contributed by atoms with Gasteiger partial charge in [-0.05, 0) is 42.7 Å². The number of rotatable bonds is 8. The number of carbonyl (C=O) groups excluding carboxylic acids is 1. The number of nitrogens with one attached hydrogen (secondary N) is 1. The number of fused-ring (bicyclic) bond motifs is 1. The van der Waals surface area contributed by atoms with Crippen molar-refractivity contribution in [1.82, 2.24) is 5.32 Å². The lowest BCUT2D eigenvalue weighted by Crippen LogP contribution is -2.22. The summed E-state index contributed by atoms with van der Waals surface area (Å²) in [5, 5.41) is 3.87. The van der Waals surface area contributed by atoms with E-state index in [2.05, 4.69) is 12.2 Å². The normalized spacial score (nSPS) is 11.5. The standard InChI is InChI=1S/C24H27NO4/c1-5-6-10-25-24(26)11-16(2)19-13-20-21(15-29-23(20)14-22(19)28-4)17-8-7-9-18(12-17)27-3/h7-9,11-15H,5-6,10H2,1-4H3,(H,25,26)/b16-11+. The zero-order chi connectivity index (χ0) is 20.8. The van der Waals surface area contributed by atoms with Crippen molar-refractivity contribution in [3.63, 3.8) is 0 Å². The Morgan fingerprint density at radius 3 is 2.72 bits per heavy atom. The van der Waals surface area contributed by atoms with Gasteiger partial charge in [0, 0.05) is 35.2 Å². The Labute approximate surface area is 171 Å². The van der Waals surface area contributed by atoms with Crippen molar-refractivity contribution >= 4 is 22.4 Å². The van der Waals surface area contributed by atoms with Gasteiger partial charge >= 0.3 is 0 Å². The molecule has 0 atom stereocenters. The minimum absolute atomic E-state index is 0.0988. The van der Waals surface area contributed by atoms with Crippen molar-refractivity contribution in [2.45, 2.75) is 26.7 Å². The number of hydrogen-bond acceptors (Lipinski definition) is 4. The molecule has 0 saturated heterocycles. The molecule has 5 heteroatoms. The highest BCUT2D eigenvalue weighted by molar-refractivity contribution is 6.00. The average molecular weight is 393 g/mol. The molecule has 0 aliphatic carbocycles. The molecule has 1 N–H and O–H groups in total. The molecule has 0 aliphatic rings. The quantitative estimate of drug-likeness (QED) is 0.409. The van der Waals surface area contributed by atoms with Gasteiger partial charge in [-0.3, -0.25) is 4.79 Å². The fourth-order valence-corrected chi connectivity index (χ4v) is 3.26. The van der Waals surface area contributed by atoms with Crippen LogP contribution in [0.25, 0.3) is 27.7 Å². The first-order valence-electron chi connectivity index (χ1n) is 9.77. The summed E-state index contributed by atoms with van der Waals surface area (Å²) in [5.74, 6) is 1.35. The Morgan fingerprint density at radius 2 is 2.00 bits per heavy atom. The maximum atomic E-state index is 12.2. The van der Waals surface area contributed by atoms with E-state index >= 15 is 0 Å². The largest absolute Gasteiger partial charge is 0.497 e. The minimum atomic E-state index is -0.0988. The number of furan rings is 1. The number of benzene rings is 2. The number of amides is 1. The Kier molecular flexibility index (Phi) is 6.60. The summed E-state index contributed by atoms with van der Waals surface area (Å²) in [5.41, 5.74) is 4.37. The summed E-state index contributed by atoms with van der Waals surface area (Å²) < 4.78 is 16.7. The highest BCUT2D eigenvalue weighted by Crippen LogP contribution is 2.38. The molecular formula is C24H27NO4. The molecule has 0 spiro atoms. The number of ether oxygens (including phenoxy) is 2. The molecule has 3 aromatic rings. The first-order chi connectivity index (χ1) is 14.1. The van der Waals surface area contributed by atoms with E-state index < -0.39 is 0 Å². The second-order valence-electron chi connectivity index (χ2n) is 6.90. The highest BCUT2D eigenvalue weighted by atomic mass is 16.5. The zero-order valence-corrected chi connectivity index (χ0v) is 17.4. The van der Waals surface area contributed by atoms with Crippen molar-refractivity contribution in [3.05, 3.63) is 54.3 Å². The van der Waals surface area contributed by atoms with E-state index in [4.69, 9.17) is 13.9 Å². The van der Waals surface area contributed by atoms with Gasteiger partial charge in [0.2, 0.25) is 5.91 Å². The van der Waals surface area contributed by atoms with E-state index in [9.17, 15) is 4.79 Å². The van der Waals surface area contributed by atoms with Crippen molar-refractivity contribution in [2.24, 2.45) is 0 Å². The van der Waals surface area contributed by atoms with E-state index in [0.717, 1.165) is 51.8 Å². The number of methoxy groups -OCH3 is 2. The smallest absolute Gasteiger partial charge is 0.244 e. The SMILES string of the molecule is CCCCNC(=O)/C=C(\C)c1cc2c(-c3cccc(OC)c3)coc2cc1OC. The highest BCUT2D eigenvalue weighted by Gasteiger charge is 2.15. The molecule has 5 nitrogen and oxygen atoms in total. The molecule has 0 bridgehead atoms. The molecule has 0 aliphatic heterocycles. The summed E-state index contributed by atoms with van der Waals surface area (Å²) in [6.45, 7) is 4.68. The molecular weight excluding hydrogens is 366 g/mol. The maximum Gasteiger partial charge on any atom is 0.244 e. The summed E-state index contributed by atoms with van der Waals surface area (Å²) in [4.78, 5) is 12.2. The van der Waals surface area contributed by atoms with Crippen LogP contribution in [0.1, 0.15) is 32.3 Å². The lowest BCUT2D eigenvalue weighted by molar-refractivity contribution is -0.116. The summed E-state index contributed by atoms with van der Waals surface area (Å²) >= 11 is 0. The third-order valence-corrected chi connectivity index (χ3v) is 4.88. The molecule has 1 heterocycles. The van der Waals surface area contributed by atoms with Crippen LogP contribution in [0, 0.1) is 0 Å². The van der Waals surface area contributed by atoms with Gasteiger partial charge in [0.1, 0.15) is 17.1 Å². The fraction of sp³-hybridized carbons (Fsp3) is 0.292. The second kappa shape index (κ2) is 9.32. The van der Waals surface area contributed by atoms with Gasteiger partial charge in [-0.1, -0.05) is 25.5 Å². The maximum absolute atomic E-state index is 12.2. The van der Waals surface area contributed by atoms with Crippen LogP contribution < -0.4 is 14.8 Å². The first-order valence-corrected chi connectivity index (χ1v) is 9.77. The van der Waals surface area contributed by atoms with Crippen LogP contribution in [0.5, 0.6) is 11.5 Å². The molecule has 2 aromatic carbocycles. The Balaban J connectivity index is 2.02. The molecule has 1 aromatic heterocycles. The van der Waals surface area contributed by atoms with Crippen LogP contribution in [0.15, 0.2) is 53.2 Å². The number of unbranched alkanes of at least 4 members (excludes halogenated alkanes) is 1. The van der Waals surface area contributed by atoms with Crippen molar-refractivity contribution < 1.29 is 18.7 Å². The predicted octanol–water partition coefficient (Wildman–Crippen LogP) is 5.44. The van der Waals surface area contributed by atoms with Crippen molar-refractivity contribution in [1.29, 1.82) is 0 Å². The molecule has 1 amide bonds. The van der Waals surface area contributed by atoms with Gasteiger partial charge < -0.3 is 19.2 Å². The fourth-order valence-electron chi connectivity index (χ4n) is 3.26. The summed E-state index contributed by atoms with van der Waals surface area (Å²) in [6.07, 6.45) is 5.36. The number of hydrogen-bond donors (Lipinski definition) is 1. The van der Waals surface area contributed by atoms with Crippen LogP contribution in [-0.2, 0) is 4.79 Å². The lowest BCUT2D eigenvalue weighted by atomic mass is 9.99. The monoisotopic (exact) mass is 393 g/mol. The van der Waals surface area contributed by atoms with E-state index in [1.807, 2.05) is 43.3 Å². The molecule has 0 saturated carbocycles. The van der Waals surface area contributed by atoms with Crippen LogP contribution in [-0.4, -0.2) is 26.7 Å². The third-order valence-electron chi connectivity index (χ3n) is 4.88. The molecule has 29 heavy (non-hydrogen) atoms. The minimum Gasteiger partial charge on any atom is -0.497 e. The van der Waals surface area contributed by atoms with Crippen LogP contribution in [0.2, 0.25) is 0 Å². The van der Waals surface area contributed by atoms with Crippen LogP contribution in [0.4, 0.5) is 0 Å². The van der Waals surface area contributed by atoms with Crippen molar-refractivity contribution in [3.8, 4) is 22.6 Å². The lowest BCUT2D eigenvalue weighted by Gasteiger charge is -2.10. The zero-order valence-electron chi connectivity index (χ0n) is 17.4. The average Bonchev–Trinajstić information content (AvgIpc) is 3.15. The van der Waals surface area contributed by atoms with Crippen molar-refractivity contribution in [2.75, 3.05) is 20.8 Å². The number of allylic oxidation sites excluding steroid dienone is 1. The van der Waals surface area contributed by atoms with Gasteiger partial charge in [-0.15, -0.1) is 0 Å². The Bertz CT molecular complexity index is 1030. The Hall–Kier alpha value is -3.21. The topological polar surface area (TPSA) is 60.7 Å². The van der Waals surface area contributed by atoms with E-state index in [1.54, 1.807) is 26.6 Å². The first kappa shape index (κ1) is 20.5. The van der Waals surface area contributed by atoms with E-state index in [-0.39, 0.29) is 5.91 Å². The molecule has 0 fully saturated rings. The molecule has 0 unspecified atom stereocenters.